The molecule has 130 valence electrons. The molecule has 0 aromatic carbocycles. The van der Waals surface area contributed by atoms with E-state index in [1.807, 2.05) is 6.20 Å². The first kappa shape index (κ1) is 18.2. The molecule has 0 saturated carbocycles. The molecule has 1 aliphatic rings. The Morgan fingerprint density at radius 2 is 1.83 bits per heavy atom. The number of nitrogens with zero attached hydrogens (tertiary/aromatic N) is 3. The van der Waals surface area contributed by atoms with Gasteiger partial charge in [-0.2, -0.15) is 0 Å². The summed E-state index contributed by atoms with van der Waals surface area (Å²) in [6.45, 7) is 18.1. The van der Waals surface area contributed by atoms with E-state index < -0.39 is 0 Å². The van der Waals surface area contributed by atoms with Crippen molar-refractivity contribution in [1.82, 2.24) is 9.88 Å². The van der Waals surface area contributed by atoms with Crippen LogP contribution in [-0.2, 0) is 10.2 Å². The summed E-state index contributed by atoms with van der Waals surface area (Å²) < 4.78 is 5.69. The topological polar surface area (TPSA) is 28.6 Å². The van der Waals surface area contributed by atoms with E-state index in [1.54, 1.807) is 0 Å². The van der Waals surface area contributed by atoms with Crippen molar-refractivity contribution in [3.8, 4) is 0 Å². The Morgan fingerprint density at radius 3 is 2.35 bits per heavy atom. The molecule has 0 atom stereocenters. The number of ether oxygens (including phenoxy) is 1. The Labute approximate surface area is 141 Å². The lowest BCUT2D eigenvalue weighted by molar-refractivity contribution is 0.0838. The van der Waals surface area contributed by atoms with Crippen LogP contribution in [0.2, 0.25) is 0 Å². The van der Waals surface area contributed by atoms with E-state index in [9.17, 15) is 0 Å². The van der Waals surface area contributed by atoms with E-state index in [0.29, 0.717) is 5.92 Å². The van der Waals surface area contributed by atoms with Gasteiger partial charge in [-0.25, -0.2) is 4.98 Å². The van der Waals surface area contributed by atoms with E-state index in [0.717, 1.165) is 51.8 Å². The third kappa shape index (κ3) is 5.78. The zero-order chi connectivity index (χ0) is 16.9. The monoisotopic (exact) mass is 319 g/mol. The zero-order valence-corrected chi connectivity index (χ0v) is 15.5. The molecule has 0 unspecified atom stereocenters. The molecule has 0 radical (unpaired) electrons. The van der Waals surface area contributed by atoms with Gasteiger partial charge in [-0.3, -0.25) is 4.90 Å². The minimum atomic E-state index is 0.167. The minimum Gasteiger partial charge on any atom is -0.380 e. The highest BCUT2D eigenvalue weighted by Crippen LogP contribution is 2.23. The molecule has 0 N–H and O–H groups in total. The van der Waals surface area contributed by atoms with Gasteiger partial charge in [0.1, 0.15) is 5.82 Å². The van der Waals surface area contributed by atoms with Gasteiger partial charge in [-0.1, -0.05) is 40.7 Å². The molecule has 0 amide bonds. The summed E-state index contributed by atoms with van der Waals surface area (Å²) in [5.41, 5.74) is 1.46. The number of piperazine rings is 1. The van der Waals surface area contributed by atoms with E-state index in [2.05, 4.69) is 61.5 Å². The highest BCUT2D eigenvalue weighted by Gasteiger charge is 2.19. The van der Waals surface area contributed by atoms with Gasteiger partial charge < -0.3 is 9.64 Å². The van der Waals surface area contributed by atoms with Crippen molar-refractivity contribution in [1.29, 1.82) is 0 Å². The van der Waals surface area contributed by atoms with Crippen LogP contribution in [0.1, 0.15) is 40.2 Å². The van der Waals surface area contributed by atoms with E-state index >= 15 is 0 Å². The van der Waals surface area contributed by atoms with Crippen molar-refractivity contribution in [2.45, 2.75) is 40.0 Å². The van der Waals surface area contributed by atoms with Gasteiger partial charge >= 0.3 is 0 Å². The second kappa shape index (κ2) is 8.11. The molecule has 4 nitrogen and oxygen atoms in total. The van der Waals surface area contributed by atoms with Crippen LogP contribution in [0.15, 0.2) is 18.3 Å². The van der Waals surface area contributed by atoms with Crippen LogP contribution in [0, 0.1) is 5.92 Å². The van der Waals surface area contributed by atoms with Crippen LogP contribution in [0.25, 0.3) is 0 Å². The Kier molecular flexibility index (Phi) is 6.42. The smallest absolute Gasteiger partial charge is 0.128 e. The summed E-state index contributed by atoms with van der Waals surface area (Å²) in [5, 5.41) is 0. The molecular weight excluding hydrogens is 286 g/mol. The van der Waals surface area contributed by atoms with Crippen molar-refractivity contribution in [2.75, 3.05) is 50.8 Å². The van der Waals surface area contributed by atoms with Crippen LogP contribution in [0.5, 0.6) is 0 Å². The van der Waals surface area contributed by atoms with Crippen molar-refractivity contribution >= 4 is 5.82 Å². The third-order valence-electron chi connectivity index (χ3n) is 4.31. The van der Waals surface area contributed by atoms with Gasteiger partial charge in [0, 0.05) is 45.5 Å². The molecule has 23 heavy (non-hydrogen) atoms. The Balaban J connectivity index is 1.76. The van der Waals surface area contributed by atoms with Gasteiger partial charge in [0.25, 0.3) is 0 Å². The van der Waals surface area contributed by atoms with Gasteiger partial charge in [-0.05, 0) is 23.0 Å². The molecule has 0 bridgehead atoms. The molecule has 0 spiro atoms. The summed E-state index contributed by atoms with van der Waals surface area (Å²) in [6.07, 6.45) is 2.03. The lowest BCUT2D eigenvalue weighted by atomic mass is 9.88. The largest absolute Gasteiger partial charge is 0.380 e. The summed E-state index contributed by atoms with van der Waals surface area (Å²) >= 11 is 0. The minimum absolute atomic E-state index is 0.167. The molecule has 2 rings (SSSR count). The molecule has 1 aliphatic heterocycles. The summed E-state index contributed by atoms with van der Waals surface area (Å²) in [6, 6.07) is 4.39. The Hall–Kier alpha value is -1.13. The highest BCUT2D eigenvalue weighted by atomic mass is 16.5. The molecule has 1 fully saturated rings. The standard InChI is InChI=1S/C19H33N3O/c1-16(2)15-23-13-12-21-8-10-22(11-9-21)18-7-6-17(14-20-18)19(3,4)5/h6-7,14,16H,8-13,15H2,1-5H3. The molecule has 1 aromatic heterocycles. The first-order chi connectivity index (χ1) is 10.9. The fourth-order valence-corrected chi connectivity index (χ4v) is 2.73. The number of aromatic nitrogens is 1. The average molecular weight is 319 g/mol. The molecule has 0 aliphatic carbocycles. The lowest BCUT2D eigenvalue weighted by Crippen LogP contribution is -2.47. The van der Waals surface area contributed by atoms with Gasteiger partial charge in [-0.15, -0.1) is 0 Å². The first-order valence-electron chi connectivity index (χ1n) is 8.88. The quantitative estimate of drug-likeness (QED) is 0.753. The van der Waals surface area contributed by atoms with Crippen LogP contribution < -0.4 is 4.90 Å². The number of anilines is 1. The van der Waals surface area contributed by atoms with E-state index in [1.165, 1.54) is 5.56 Å². The Bertz CT molecular complexity index is 456. The molecule has 2 heterocycles. The molecule has 4 heteroatoms. The summed E-state index contributed by atoms with van der Waals surface area (Å²) in [7, 11) is 0. The number of hydrogen-bond donors (Lipinski definition) is 0. The second-order valence-corrected chi connectivity index (χ2v) is 7.95. The SMILES string of the molecule is CC(C)COCCN1CCN(c2ccc(C(C)(C)C)cn2)CC1. The summed E-state index contributed by atoms with van der Waals surface area (Å²) in [4.78, 5) is 9.54. The van der Waals surface area contributed by atoms with E-state index in [-0.39, 0.29) is 5.41 Å². The average Bonchev–Trinajstić information content (AvgIpc) is 2.51. The molecular formula is C19H33N3O. The molecule has 1 saturated heterocycles. The van der Waals surface area contributed by atoms with Crippen LogP contribution in [-0.4, -0.2) is 55.8 Å². The van der Waals surface area contributed by atoms with Crippen LogP contribution in [0.3, 0.4) is 0 Å². The number of hydrogen-bond acceptors (Lipinski definition) is 4. The van der Waals surface area contributed by atoms with Gasteiger partial charge in [0.05, 0.1) is 6.61 Å². The van der Waals surface area contributed by atoms with Crippen molar-refractivity contribution in [2.24, 2.45) is 5.92 Å². The van der Waals surface area contributed by atoms with Gasteiger partial charge in [0.2, 0.25) is 0 Å². The van der Waals surface area contributed by atoms with Crippen molar-refractivity contribution in [3.63, 3.8) is 0 Å². The fourth-order valence-electron chi connectivity index (χ4n) is 2.73. The molecule has 1 aromatic rings. The lowest BCUT2D eigenvalue weighted by Gasteiger charge is -2.35. The Morgan fingerprint density at radius 1 is 1.13 bits per heavy atom. The fraction of sp³-hybridized carbons (Fsp3) is 0.737. The second-order valence-electron chi connectivity index (χ2n) is 7.95. The van der Waals surface area contributed by atoms with Crippen LogP contribution in [0.4, 0.5) is 5.82 Å². The van der Waals surface area contributed by atoms with Crippen LogP contribution >= 0.6 is 0 Å². The maximum atomic E-state index is 5.69. The zero-order valence-electron chi connectivity index (χ0n) is 15.5. The predicted octanol–water partition coefficient (Wildman–Crippen LogP) is 3.17. The van der Waals surface area contributed by atoms with Gasteiger partial charge in [0.15, 0.2) is 0 Å². The number of pyridine rings is 1. The maximum absolute atomic E-state index is 5.69. The maximum Gasteiger partial charge on any atom is 0.128 e. The van der Waals surface area contributed by atoms with Crippen molar-refractivity contribution < 1.29 is 4.74 Å². The highest BCUT2D eigenvalue weighted by molar-refractivity contribution is 5.41. The third-order valence-corrected chi connectivity index (χ3v) is 4.31. The predicted molar refractivity (Wildman–Crippen MR) is 97.2 cm³/mol. The normalized spacial score (nSPS) is 17.0. The van der Waals surface area contributed by atoms with Crippen molar-refractivity contribution in [3.05, 3.63) is 23.9 Å². The first-order valence-corrected chi connectivity index (χ1v) is 8.88. The summed E-state index contributed by atoms with van der Waals surface area (Å²) in [5.74, 6) is 1.72. The number of rotatable bonds is 6. The van der Waals surface area contributed by atoms with E-state index in [4.69, 9.17) is 4.74 Å².